The number of hydrogen-bond acceptors (Lipinski definition) is 5. The predicted molar refractivity (Wildman–Crippen MR) is 76.9 cm³/mol. The zero-order valence-corrected chi connectivity index (χ0v) is 12.0. The molecule has 0 saturated heterocycles. The fourth-order valence-corrected chi connectivity index (χ4v) is 2.62. The SMILES string of the molecule is O=S(=O)(NN=Cc1ccc2c(c1)OCO2)c1ccc(F)cc1. The summed E-state index contributed by atoms with van der Waals surface area (Å²) in [5, 5.41) is 3.68. The molecule has 0 amide bonds. The Balaban J connectivity index is 1.72. The van der Waals surface area contributed by atoms with Gasteiger partial charge in [-0.2, -0.15) is 13.5 Å². The summed E-state index contributed by atoms with van der Waals surface area (Å²) in [5.41, 5.74) is 0.644. The van der Waals surface area contributed by atoms with E-state index in [1.54, 1.807) is 18.2 Å². The second-order valence-electron chi connectivity index (χ2n) is 4.42. The number of hydrazone groups is 1. The average Bonchev–Trinajstić information content (AvgIpc) is 2.95. The Morgan fingerprint density at radius 3 is 2.59 bits per heavy atom. The Bertz CT molecular complexity index is 819. The molecule has 0 atom stereocenters. The van der Waals surface area contributed by atoms with E-state index in [1.165, 1.54) is 6.21 Å². The van der Waals surface area contributed by atoms with Crippen molar-refractivity contribution in [3.8, 4) is 11.5 Å². The van der Waals surface area contributed by atoms with Gasteiger partial charge in [-0.15, -0.1) is 0 Å². The lowest BCUT2D eigenvalue weighted by Crippen LogP contribution is -2.18. The molecule has 6 nitrogen and oxygen atoms in total. The molecule has 0 unspecified atom stereocenters. The fraction of sp³-hybridized carbons (Fsp3) is 0.0714. The molecule has 0 bridgehead atoms. The first-order chi connectivity index (χ1) is 10.5. The summed E-state index contributed by atoms with van der Waals surface area (Å²) in [6.07, 6.45) is 1.34. The highest BCUT2D eigenvalue weighted by atomic mass is 32.2. The highest BCUT2D eigenvalue weighted by Gasteiger charge is 2.14. The van der Waals surface area contributed by atoms with Gasteiger partial charge >= 0.3 is 0 Å². The molecule has 1 aliphatic rings. The Labute approximate surface area is 126 Å². The number of halogens is 1. The minimum absolute atomic E-state index is 0.0725. The lowest BCUT2D eigenvalue weighted by molar-refractivity contribution is 0.174. The summed E-state index contributed by atoms with van der Waals surface area (Å²) in [4.78, 5) is 1.99. The smallest absolute Gasteiger partial charge is 0.276 e. The van der Waals surface area contributed by atoms with Crippen LogP contribution in [0.25, 0.3) is 0 Å². The monoisotopic (exact) mass is 322 g/mol. The Morgan fingerprint density at radius 1 is 1.09 bits per heavy atom. The zero-order chi connectivity index (χ0) is 15.6. The number of hydrogen-bond donors (Lipinski definition) is 1. The van der Waals surface area contributed by atoms with Gasteiger partial charge < -0.3 is 9.47 Å². The number of nitrogens with one attached hydrogen (secondary N) is 1. The molecule has 0 aliphatic carbocycles. The van der Waals surface area contributed by atoms with Crippen LogP contribution in [0.15, 0.2) is 52.5 Å². The van der Waals surface area contributed by atoms with Crippen molar-refractivity contribution >= 4 is 16.2 Å². The largest absolute Gasteiger partial charge is 0.454 e. The van der Waals surface area contributed by atoms with Crippen LogP contribution in [0.5, 0.6) is 11.5 Å². The Hall–Kier alpha value is -2.61. The summed E-state index contributed by atoms with van der Waals surface area (Å²) >= 11 is 0. The highest BCUT2D eigenvalue weighted by Crippen LogP contribution is 2.31. The van der Waals surface area contributed by atoms with Crippen LogP contribution < -0.4 is 14.3 Å². The maximum atomic E-state index is 12.8. The molecule has 3 rings (SSSR count). The zero-order valence-electron chi connectivity index (χ0n) is 11.2. The first-order valence-electron chi connectivity index (χ1n) is 6.25. The van der Waals surface area contributed by atoms with E-state index in [9.17, 15) is 12.8 Å². The molecular formula is C14H11FN2O4S. The van der Waals surface area contributed by atoms with E-state index in [0.29, 0.717) is 17.1 Å². The molecule has 0 radical (unpaired) electrons. The van der Waals surface area contributed by atoms with E-state index in [2.05, 4.69) is 9.93 Å². The van der Waals surface area contributed by atoms with Crippen LogP contribution in [0.4, 0.5) is 4.39 Å². The van der Waals surface area contributed by atoms with Crippen LogP contribution in [0, 0.1) is 5.82 Å². The number of rotatable bonds is 4. The van der Waals surface area contributed by atoms with Crippen molar-refractivity contribution in [2.75, 3.05) is 6.79 Å². The summed E-state index contributed by atoms with van der Waals surface area (Å²) < 4.78 is 47.0. The van der Waals surface area contributed by atoms with Crippen molar-refractivity contribution in [2.45, 2.75) is 4.90 Å². The molecule has 8 heteroatoms. The van der Waals surface area contributed by atoms with E-state index in [4.69, 9.17) is 9.47 Å². The normalized spacial score (nSPS) is 13.5. The molecule has 1 aliphatic heterocycles. The van der Waals surface area contributed by atoms with Gasteiger partial charge in [0.25, 0.3) is 10.0 Å². The van der Waals surface area contributed by atoms with E-state index < -0.39 is 15.8 Å². The topological polar surface area (TPSA) is 77.0 Å². The molecule has 1 N–H and O–H groups in total. The van der Waals surface area contributed by atoms with Gasteiger partial charge in [0.15, 0.2) is 11.5 Å². The molecule has 22 heavy (non-hydrogen) atoms. The predicted octanol–water partition coefficient (Wildman–Crippen LogP) is 1.87. The van der Waals surface area contributed by atoms with Crippen LogP contribution in [0.3, 0.4) is 0 Å². The van der Waals surface area contributed by atoms with Crippen molar-refractivity contribution < 1.29 is 22.3 Å². The van der Waals surface area contributed by atoms with Gasteiger partial charge in [-0.05, 0) is 48.0 Å². The van der Waals surface area contributed by atoms with Crippen LogP contribution in [-0.4, -0.2) is 21.4 Å². The van der Waals surface area contributed by atoms with Gasteiger partial charge in [-0.25, -0.2) is 9.22 Å². The number of benzene rings is 2. The average molecular weight is 322 g/mol. The minimum Gasteiger partial charge on any atom is -0.454 e. The lowest BCUT2D eigenvalue weighted by Gasteiger charge is -2.03. The van der Waals surface area contributed by atoms with Crippen LogP contribution in [0.2, 0.25) is 0 Å². The van der Waals surface area contributed by atoms with Gasteiger partial charge in [-0.1, -0.05) is 0 Å². The Morgan fingerprint density at radius 2 is 1.82 bits per heavy atom. The molecule has 2 aromatic rings. The number of ether oxygens (including phenoxy) is 2. The summed E-state index contributed by atoms with van der Waals surface area (Å²) in [5.74, 6) is 0.692. The van der Waals surface area contributed by atoms with Crippen molar-refractivity contribution in [1.29, 1.82) is 0 Å². The second-order valence-corrected chi connectivity index (χ2v) is 6.08. The maximum Gasteiger partial charge on any atom is 0.276 e. The molecule has 0 aromatic heterocycles. The van der Waals surface area contributed by atoms with Crippen LogP contribution in [-0.2, 0) is 10.0 Å². The third kappa shape index (κ3) is 3.01. The molecule has 2 aromatic carbocycles. The van der Waals surface area contributed by atoms with Gasteiger partial charge in [0.2, 0.25) is 6.79 Å². The van der Waals surface area contributed by atoms with Crippen molar-refractivity contribution in [2.24, 2.45) is 5.10 Å². The third-order valence-electron chi connectivity index (χ3n) is 2.91. The molecule has 0 saturated carbocycles. The van der Waals surface area contributed by atoms with Gasteiger partial charge in [0.05, 0.1) is 11.1 Å². The molecular weight excluding hydrogens is 311 g/mol. The second kappa shape index (κ2) is 5.64. The van der Waals surface area contributed by atoms with Crippen molar-refractivity contribution in [1.82, 2.24) is 4.83 Å². The molecule has 0 spiro atoms. The molecule has 0 fully saturated rings. The first-order valence-corrected chi connectivity index (χ1v) is 7.73. The van der Waals surface area contributed by atoms with E-state index >= 15 is 0 Å². The third-order valence-corrected chi connectivity index (χ3v) is 4.15. The number of fused-ring (bicyclic) bond motifs is 1. The van der Waals surface area contributed by atoms with E-state index in [0.717, 1.165) is 24.3 Å². The van der Waals surface area contributed by atoms with Gasteiger partial charge in [0, 0.05) is 0 Å². The van der Waals surface area contributed by atoms with E-state index in [-0.39, 0.29) is 11.7 Å². The standard InChI is InChI=1S/C14H11FN2O4S/c15-11-2-4-12(5-3-11)22(18,19)17-16-8-10-1-6-13-14(7-10)21-9-20-13/h1-8,17H,9H2. The van der Waals surface area contributed by atoms with E-state index in [1.807, 2.05) is 0 Å². The number of sulfonamides is 1. The van der Waals surface area contributed by atoms with Crippen LogP contribution in [0.1, 0.15) is 5.56 Å². The quantitative estimate of drug-likeness (QED) is 0.688. The summed E-state index contributed by atoms with van der Waals surface area (Å²) in [6.45, 7) is 0.160. The summed E-state index contributed by atoms with van der Waals surface area (Å²) in [7, 11) is -3.83. The Kier molecular flexibility index (Phi) is 3.68. The molecule has 1 heterocycles. The van der Waals surface area contributed by atoms with Gasteiger partial charge in [0.1, 0.15) is 5.82 Å². The number of nitrogens with zero attached hydrogens (tertiary/aromatic N) is 1. The van der Waals surface area contributed by atoms with Crippen molar-refractivity contribution in [3.63, 3.8) is 0 Å². The minimum atomic E-state index is -3.83. The lowest BCUT2D eigenvalue weighted by atomic mass is 10.2. The van der Waals surface area contributed by atoms with Crippen molar-refractivity contribution in [3.05, 3.63) is 53.8 Å². The fourth-order valence-electron chi connectivity index (χ4n) is 1.83. The highest BCUT2D eigenvalue weighted by molar-refractivity contribution is 7.89. The maximum absolute atomic E-state index is 12.8. The molecule has 114 valence electrons. The van der Waals surface area contributed by atoms with Crippen LogP contribution >= 0.6 is 0 Å². The first kappa shape index (κ1) is 14.3. The summed E-state index contributed by atoms with van der Waals surface area (Å²) in [6, 6.07) is 9.55. The van der Waals surface area contributed by atoms with Gasteiger partial charge in [-0.3, -0.25) is 0 Å².